The fraction of sp³-hybridized carbons (Fsp3) is 0.477. The van der Waals surface area contributed by atoms with Crippen molar-refractivity contribution >= 4 is 192 Å². The molecule has 10 rings (SSSR count). The summed E-state index contributed by atoms with van der Waals surface area (Å²) in [5.41, 5.74) is 17.0. The highest BCUT2D eigenvalue weighted by Crippen LogP contribution is 2.45. The molecule has 33 nitrogen and oxygen atoms in total. The van der Waals surface area contributed by atoms with Crippen LogP contribution in [0.1, 0.15) is 195 Å². The second-order valence-electron chi connectivity index (χ2n) is 31.1. The number of aromatic nitrogens is 4. The van der Waals surface area contributed by atoms with Crippen LogP contribution in [-0.4, -0.2) is 182 Å². The Morgan fingerprint density at radius 1 is 0.632 bits per heavy atom. The number of Topliss-reactive ketones (excluding diaryl/α,β-unsaturated/α-hetero) is 1. The summed E-state index contributed by atoms with van der Waals surface area (Å²) < 4.78 is 104. The molecule has 2 fully saturated rings. The number of nitrogens with two attached hydrogens (primary N) is 2. The fourth-order valence-corrected chi connectivity index (χ4v) is 21.2. The molecule has 6 heterocycles. The molecule has 726 valence electrons. The van der Waals surface area contributed by atoms with Gasteiger partial charge in [0.2, 0.25) is 0 Å². The summed E-state index contributed by atoms with van der Waals surface area (Å²) in [5, 5.41) is 42.5. The van der Waals surface area contributed by atoms with E-state index >= 15 is 0 Å². The largest absolute Gasteiger partial charge is 0.492 e. The van der Waals surface area contributed by atoms with Gasteiger partial charge in [-0.15, -0.1) is 0 Å². The lowest BCUT2D eigenvalue weighted by Crippen LogP contribution is -2.51. The maximum atomic E-state index is 12.4. The van der Waals surface area contributed by atoms with Crippen molar-refractivity contribution < 1.29 is 117 Å². The van der Waals surface area contributed by atoms with Crippen molar-refractivity contribution in [3.63, 3.8) is 0 Å². The Kier molecular flexibility index (Phi) is 57.6. The van der Waals surface area contributed by atoms with Crippen LogP contribution in [-0.2, 0) is 113 Å². The van der Waals surface area contributed by atoms with Crippen LogP contribution in [0.2, 0.25) is 16.6 Å². The zero-order chi connectivity index (χ0) is 102. The summed E-state index contributed by atoms with van der Waals surface area (Å²) in [7, 11) is -2.00. The monoisotopic (exact) mass is 2220 g/mol. The van der Waals surface area contributed by atoms with Gasteiger partial charge in [-0.2, -0.15) is 24.2 Å². The van der Waals surface area contributed by atoms with Crippen molar-refractivity contribution in [2.75, 3.05) is 51.1 Å². The molecule has 4 aromatic rings. The first-order chi connectivity index (χ1) is 62.0. The highest BCUT2D eigenvalue weighted by atomic mass is 127. The molecular formula is C88H118B3BrCl2F2I2N10O23SSi. The third-order valence-electron chi connectivity index (χ3n) is 19.9. The molecule has 0 amide bonds. The number of esters is 6. The van der Waals surface area contributed by atoms with Crippen molar-refractivity contribution in [2.24, 2.45) is 11.4 Å². The average molecular weight is 2220 g/mol. The van der Waals surface area contributed by atoms with Gasteiger partial charge in [0.25, 0.3) is 11.9 Å². The van der Waals surface area contributed by atoms with Gasteiger partial charge in [-0.1, -0.05) is 101 Å². The van der Waals surface area contributed by atoms with E-state index in [0.29, 0.717) is 78.4 Å². The van der Waals surface area contributed by atoms with E-state index in [-0.39, 0.29) is 90.0 Å². The van der Waals surface area contributed by atoms with E-state index in [1.165, 1.54) is 6.07 Å². The van der Waals surface area contributed by atoms with E-state index < -0.39 is 73.2 Å². The number of halogens is 7. The van der Waals surface area contributed by atoms with Crippen LogP contribution in [0.3, 0.4) is 0 Å². The van der Waals surface area contributed by atoms with Crippen LogP contribution in [0.25, 0.3) is 0 Å². The second-order valence-corrected chi connectivity index (χ2v) is 42.5. The molecule has 0 unspecified atom stereocenters. The lowest BCUT2D eigenvalue weighted by Gasteiger charge is -2.44. The molecule has 0 spiro atoms. The van der Waals surface area contributed by atoms with Crippen LogP contribution in [0, 0.1) is 49.2 Å². The molecule has 0 bridgehead atoms. The summed E-state index contributed by atoms with van der Waals surface area (Å²) in [6, 6.07) is 12.8. The number of ketones is 1. The molecule has 2 saturated heterocycles. The number of nitriles is 3. The molecule has 4 aliphatic carbocycles. The lowest BCUT2D eigenvalue weighted by atomic mass is 9.49. The quantitative estimate of drug-likeness (QED) is 0.00740. The number of rotatable bonds is 24. The summed E-state index contributed by atoms with van der Waals surface area (Å²) in [6.45, 7) is 43.0. The number of aryl methyl sites for hydroxylation is 1. The molecule has 0 saturated carbocycles. The zero-order valence-electron chi connectivity index (χ0n) is 78.5. The van der Waals surface area contributed by atoms with Crippen molar-refractivity contribution in [2.45, 2.75) is 229 Å². The molecule has 6 aliphatic rings. The highest BCUT2D eigenvalue weighted by molar-refractivity contribution is 14.1. The zero-order valence-corrected chi connectivity index (χ0v) is 87.7. The van der Waals surface area contributed by atoms with Gasteiger partial charge in [0.1, 0.15) is 35.0 Å². The van der Waals surface area contributed by atoms with Crippen molar-refractivity contribution in [1.82, 2.24) is 18.8 Å². The summed E-state index contributed by atoms with van der Waals surface area (Å²) in [6.07, 6.45) is 29.9. The lowest BCUT2D eigenvalue weighted by molar-refractivity contribution is -0.151. The maximum Gasteiger partial charge on any atom is 0.492 e. The number of anilines is 2. The van der Waals surface area contributed by atoms with Gasteiger partial charge in [-0.25, -0.2) is 33.1 Å². The van der Waals surface area contributed by atoms with Gasteiger partial charge >= 0.3 is 71.4 Å². The van der Waals surface area contributed by atoms with Crippen molar-refractivity contribution in [3.05, 3.63) is 178 Å². The number of carbonyl (C=O) groups is 8. The van der Waals surface area contributed by atoms with Gasteiger partial charge in [0.15, 0.2) is 8.24 Å². The van der Waals surface area contributed by atoms with Crippen LogP contribution in [0.5, 0.6) is 0 Å². The van der Waals surface area contributed by atoms with Crippen LogP contribution >= 0.6 is 83.4 Å². The van der Waals surface area contributed by atoms with Gasteiger partial charge in [-0.3, -0.25) is 28.8 Å². The molecule has 2 aliphatic heterocycles. The number of carbonyl (C=O) groups excluding carboxylic acids is 9. The Morgan fingerprint density at radius 3 is 1.44 bits per heavy atom. The predicted octanol–water partition coefficient (Wildman–Crippen LogP) is 15.6. The first kappa shape index (κ1) is 124. The normalized spacial score (nSPS) is 14.9. The van der Waals surface area contributed by atoms with Gasteiger partial charge in [0.05, 0.1) is 117 Å². The standard InChI is InChI=1S/C13H25NSi.C12H24B2O4.C10H11IN2O2.C10H10INO2.C10H11NO2.C9H10O3.C9H12O2.C5H6BFN2O2.C5H4BrFN2.C4H5ClO3.CClNO3S/c1-11(2)15(12(3)4,13(5)6)14-9-7-8-10-14;1-9(2)10(3,4)16-13(15-9)14-17-11(5,6)12(7,8)18-14;1-3-15-10(14)4-7-8(11)6-13(2)9(7)5-12;1-2-14-10(13)5-8-7(6-12)3-4-9(8)11;1-2-13-10(12)6-8-4-3-5-9(8)7-11;1-2-12-9(11)8(10)7-5-3-4-6-7;1-2-11-9(10)7-8-5-3-4-6-8;7-3-1-4(6(10)11)5(8)9-2-3;6-4-1-3(7)2-9-5(4)8;1-2-8-4(7)3(5)6;2-7(5,6)3-1-4/h7-13H,1-6H3;1-8H3;6H,3-4H2,1-2H3;4H,2-3,5H2,1H3;3-4H,2,5-6H2,1H3;3,5-6H,2,4H2,1H3;3,5-6H,2,4,7H2,1H3;1-2,10-11H,(H2,8,9);1-2H,(H2,8,9);2H2,1H3;. The van der Waals surface area contributed by atoms with Crippen molar-refractivity contribution in [1.29, 1.82) is 15.8 Å². The molecular weight excluding hydrogens is 2100 g/mol. The van der Waals surface area contributed by atoms with E-state index in [9.17, 15) is 55.6 Å². The average Bonchev–Trinajstić information content (AvgIpc) is 1.62. The van der Waals surface area contributed by atoms with Crippen LogP contribution in [0.15, 0.2) is 156 Å². The Hall–Kier alpha value is -9.11. The molecule has 6 N–H and O–H groups in total. The summed E-state index contributed by atoms with van der Waals surface area (Å²) in [4.78, 5) is 102. The summed E-state index contributed by atoms with van der Waals surface area (Å²) in [5.74, 6) is -4.09. The third kappa shape index (κ3) is 43.6. The Morgan fingerprint density at radius 2 is 1.07 bits per heavy atom. The number of nitrogens with zero attached hydrogens (tertiary/aromatic N) is 8. The SMILES string of the molecule is CC(C)[Si](C(C)C)(C(C)C)n1cccc1.CC1(C)OB(B2OC(C)(C)C(C)(C)O2)OC1(C)C.CCOC(=O)C(=O)C1=CCC=C1.CCOC(=O)C(=O)Cl.CCOC(=O)CC1=C(C#N)CC=C1.CCOC(=O)CC1=C(C#N)CC=C1I.CCOC(=O)CC1=CCC=C1.CCOC(=O)Cc1c(I)cn(C)c1C#N.Nc1ncc(F)cc1B(O)O.Nc1ncc(F)cc1Br.O=C=NS(=O)(=O)Cl. The second kappa shape index (κ2) is 61.8. The van der Waals surface area contributed by atoms with E-state index in [1.54, 1.807) is 58.4 Å². The Balaban J connectivity index is 0.00000145. The third-order valence-corrected chi connectivity index (χ3v) is 29.9. The van der Waals surface area contributed by atoms with Gasteiger partial charge in [-0.05, 0) is 252 Å². The predicted molar refractivity (Wildman–Crippen MR) is 526 cm³/mol. The van der Waals surface area contributed by atoms with Crippen molar-refractivity contribution in [3.8, 4) is 18.2 Å². The first-order valence-electron chi connectivity index (χ1n) is 41.7. The summed E-state index contributed by atoms with van der Waals surface area (Å²) >= 11 is 12.0. The molecule has 45 heteroatoms. The smallest absolute Gasteiger partial charge is 0.466 e. The van der Waals surface area contributed by atoms with Crippen LogP contribution < -0.4 is 16.9 Å². The van der Waals surface area contributed by atoms with E-state index in [4.69, 9.17) is 91.3 Å². The highest BCUT2D eigenvalue weighted by Gasteiger charge is 2.64. The first-order valence-corrected chi connectivity index (χ1v) is 49.4. The van der Waals surface area contributed by atoms with E-state index in [0.717, 1.165) is 83.4 Å². The Bertz CT molecular complexity index is 5070. The Labute approximate surface area is 825 Å². The minimum Gasteiger partial charge on any atom is -0.466 e. The number of nitrogen functional groups attached to an aromatic ring is 2. The number of isocyanates is 1. The number of allylic oxidation sites excluding steroid dienone is 12. The van der Waals surface area contributed by atoms with E-state index in [1.807, 2.05) is 111 Å². The fourth-order valence-electron chi connectivity index (χ4n) is 12.5. The van der Waals surface area contributed by atoms with Gasteiger partial charge < -0.3 is 77.4 Å². The topological polar surface area (TPSA) is 492 Å². The molecule has 0 aromatic carbocycles. The number of ether oxygens (including phenoxy) is 6. The number of hydrogen-bond acceptors (Lipinski definition) is 30. The van der Waals surface area contributed by atoms with Gasteiger partial charge in [0, 0.05) is 71.7 Å². The van der Waals surface area contributed by atoms with Crippen LogP contribution in [0.4, 0.5) is 20.4 Å². The minimum absolute atomic E-state index is 0.0820. The van der Waals surface area contributed by atoms with E-state index in [2.05, 4.69) is 184 Å². The number of hydrogen-bond donors (Lipinski definition) is 4. The molecule has 0 radical (unpaired) electrons. The molecule has 4 aromatic heterocycles. The molecule has 133 heavy (non-hydrogen) atoms. The number of pyridine rings is 2. The minimum atomic E-state index is -4.00. The maximum absolute atomic E-state index is 12.4. The molecule has 0 atom stereocenters.